The van der Waals surface area contributed by atoms with Gasteiger partial charge < -0.3 is 15.2 Å². The summed E-state index contributed by atoms with van der Waals surface area (Å²) in [4.78, 5) is 3.78. The fourth-order valence-electron chi connectivity index (χ4n) is 3.25. The third kappa shape index (κ3) is 4.48. The Morgan fingerprint density at radius 1 is 1.36 bits per heavy atom. The van der Waals surface area contributed by atoms with Crippen molar-refractivity contribution in [1.29, 1.82) is 0 Å². The van der Waals surface area contributed by atoms with Gasteiger partial charge in [-0.05, 0) is 51.5 Å². The van der Waals surface area contributed by atoms with Crippen LogP contribution >= 0.6 is 0 Å². The Bertz CT molecular complexity index is 473. The first-order chi connectivity index (χ1) is 10.4. The number of nitrogens with one attached hydrogen (secondary N) is 1. The highest BCUT2D eigenvalue weighted by Gasteiger charge is 2.33. The van der Waals surface area contributed by atoms with E-state index in [0.717, 1.165) is 31.9 Å². The summed E-state index contributed by atoms with van der Waals surface area (Å²) in [6.07, 6.45) is 6.69. The molecule has 0 radical (unpaired) electrons. The Hall–Kier alpha value is -1.04. The van der Waals surface area contributed by atoms with Gasteiger partial charge in [-0.25, -0.2) is 4.39 Å². The molecule has 0 spiro atoms. The first-order valence-corrected chi connectivity index (χ1v) is 7.98. The number of ether oxygens (including phenoxy) is 1. The quantitative estimate of drug-likeness (QED) is 0.848. The minimum atomic E-state index is -0.752. The number of rotatable bonds is 6. The van der Waals surface area contributed by atoms with Crippen LogP contribution in [0.15, 0.2) is 18.5 Å². The lowest BCUT2D eigenvalue weighted by Crippen LogP contribution is -2.49. The van der Waals surface area contributed by atoms with Gasteiger partial charge in [-0.3, -0.25) is 4.98 Å². The van der Waals surface area contributed by atoms with E-state index >= 15 is 0 Å². The highest BCUT2D eigenvalue weighted by Crippen LogP contribution is 2.33. The molecule has 1 saturated carbocycles. The molecule has 5 heteroatoms. The van der Waals surface area contributed by atoms with Crippen LogP contribution in [-0.2, 0) is 4.74 Å². The number of β-amino-alcohol motifs (C(OH)–C–C–N with tert-alkyl or cyclic N) is 1. The smallest absolute Gasteiger partial charge is 0.141 e. The van der Waals surface area contributed by atoms with Crippen LogP contribution < -0.4 is 5.32 Å². The molecule has 124 valence electrons. The van der Waals surface area contributed by atoms with E-state index in [0.29, 0.717) is 24.1 Å². The molecule has 1 aromatic rings. The van der Waals surface area contributed by atoms with Crippen molar-refractivity contribution in [2.45, 2.75) is 57.3 Å². The molecule has 0 aromatic carbocycles. The molecule has 1 atom stereocenters. The lowest BCUT2D eigenvalue weighted by Gasteiger charge is -2.40. The normalized spacial score (nSPS) is 24.2. The van der Waals surface area contributed by atoms with Gasteiger partial charge in [-0.1, -0.05) is 0 Å². The summed E-state index contributed by atoms with van der Waals surface area (Å²) in [6.45, 7) is 4.73. The molecule has 2 rings (SSSR count). The van der Waals surface area contributed by atoms with E-state index in [1.807, 2.05) is 0 Å². The Kier molecular flexibility index (Phi) is 5.89. The van der Waals surface area contributed by atoms with Crippen molar-refractivity contribution in [3.63, 3.8) is 0 Å². The minimum absolute atomic E-state index is 0.0690. The number of hydrogen-bond donors (Lipinski definition) is 2. The number of halogens is 1. The van der Waals surface area contributed by atoms with Crippen LogP contribution in [0.25, 0.3) is 0 Å². The van der Waals surface area contributed by atoms with Gasteiger partial charge in [-0.15, -0.1) is 0 Å². The number of aliphatic hydroxyl groups is 1. The predicted molar refractivity (Wildman–Crippen MR) is 84.0 cm³/mol. The molecule has 0 bridgehead atoms. The van der Waals surface area contributed by atoms with Crippen LogP contribution in [0, 0.1) is 11.7 Å². The van der Waals surface area contributed by atoms with Gasteiger partial charge in [0.2, 0.25) is 0 Å². The number of nitrogens with zero attached hydrogens (tertiary/aromatic N) is 1. The molecular formula is C17H27FN2O2. The summed E-state index contributed by atoms with van der Waals surface area (Å²) in [5.74, 6) is 0.130. The molecule has 2 N–H and O–H groups in total. The highest BCUT2D eigenvalue weighted by molar-refractivity contribution is 5.13. The van der Waals surface area contributed by atoms with Crippen molar-refractivity contribution in [3.05, 3.63) is 29.8 Å². The van der Waals surface area contributed by atoms with E-state index in [2.05, 4.69) is 24.1 Å². The molecule has 4 nitrogen and oxygen atoms in total. The first kappa shape index (κ1) is 17.3. The van der Waals surface area contributed by atoms with Gasteiger partial charge >= 0.3 is 0 Å². The molecule has 1 aliphatic carbocycles. The Balaban J connectivity index is 1.87. The Labute approximate surface area is 132 Å². The summed E-state index contributed by atoms with van der Waals surface area (Å²) in [6, 6.07) is 1.33. The van der Waals surface area contributed by atoms with Crippen molar-refractivity contribution in [3.8, 4) is 0 Å². The van der Waals surface area contributed by atoms with E-state index in [9.17, 15) is 9.50 Å². The fourth-order valence-corrected chi connectivity index (χ4v) is 3.25. The third-order valence-electron chi connectivity index (χ3n) is 4.89. The topological polar surface area (TPSA) is 54.4 Å². The lowest BCUT2D eigenvalue weighted by atomic mass is 9.75. The van der Waals surface area contributed by atoms with Gasteiger partial charge in [0, 0.05) is 31.0 Å². The molecule has 1 unspecified atom stereocenters. The number of pyridine rings is 1. The molecule has 1 fully saturated rings. The van der Waals surface area contributed by atoms with Gasteiger partial charge in [0.05, 0.1) is 18.4 Å². The average Bonchev–Trinajstić information content (AvgIpc) is 2.52. The summed E-state index contributed by atoms with van der Waals surface area (Å²) in [7, 11) is 1.78. The third-order valence-corrected chi connectivity index (χ3v) is 4.89. The largest absolute Gasteiger partial charge is 0.387 e. The van der Waals surface area contributed by atoms with Crippen molar-refractivity contribution in [1.82, 2.24) is 10.3 Å². The average molecular weight is 310 g/mol. The second kappa shape index (κ2) is 7.49. The zero-order valence-electron chi connectivity index (χ0n) is 13.7. The zero-order valence-corrected chi connectivity index (χ0v) is 13.7. The van der Waals surface area contributed by atoms with Gasteiger partial charge in [0.25, 0.3) is 0 Å². The fraction of sp³-hybridized carbons (Fsp3) is 0.706. The standard InChI is InChI=1S/C17H27FN2O2/c1-17(2,13-4-6-15(22-3)7-5-13)20-11-16(21)12-8-14(18)10-19-9-12/h8-10,13,15-16,20-21H,4-7,11H2,1-3H3. The zero-order chi connectivity index (χ0) is 16.2. The summed E-state index contributed by atoms with van der Waals surface area (Å²) in [5.41, 5.74) is 0.437. The molecule has 0 amide bonds. The van der Waals surface area contributed by atoms with Crippen LogP contribution in [0.3, 0.4) is 0 Å². The maximum absolute atomic E-state index is 13.2. The predicted octanol–water partition coefficient (Wildman–Crippen LogP) is 2.83. The number of aromatic nitrogens is 1. The lowest BCUT2D eigenvalue weighted by molar-refractivity contribution is 0.0380. The van der Waals surface area contributed by atoms with E-state index < -0.39 is 11.9 Å². The molecule has 1 aromatic heterocycles. The van der Waals surface area contributed by atoms with Gasteiger partial charge in [0.1, 0.15) is 5.82 Å². The molecular weight excluding hydrogens is 283 g/mol. The van der Waals surface area contributed by atoms with Crippen LogP contribution in [-0.4, -0.2) is 35.4 Å². The van der Waals surface area contributed by atoms with Crippen molar-refractivity contribution >= 4 is 0 Å². The van der Waals surface area contributed by atoms with Crippen LogP contribution in [0.2, 0.25) is 0 Å². The number of aliphatic hydroxyl groups excluding tert-OH is 1. The van der Waals surface area contributed by atoms with E-state index in [1.165, 1.54) is 12.3 Å². The SMILES string of the molecule is COC1CCC(C(C)(C)NCC(O)c2cncc(F)c2)CC1. The van der Waals surface area contributed by atoms with Gasteiger partial charge in [-0.2, -0.15) is 0 Å². The first-order valence-electron chi connectivity index (χ1n) is 7.98. The molecule has 1 heterocycles. The molecule has 1 aliphatic rings. The highest BCUT2D eigenvalue weighted by atomic mass is 19.1. The molecule has 0 saturated heterocycles. The van der Waals surface area contributed by atoms with Crippen molar-refractivity contribution in [2.75, 3.05) is 13.7 Å². The summed E-state index contributed by atoms with van der Waals surface area (Å²) >= 11 is 0. The summed E-state index contributed by atoms with van der Waals surface area (Å²) < 4.78 is 18.6. The van der Waals surface area contributed by atoms with Crippen LogP contribution in [0.4, 0.5) is 4.39 Å². The van der Waals surface area contributed by atoms with Crippen LogP contribution in [0.5, 0.6) is 0 Å². The second-order valence-electron chi connectivity index (χ2n) is 6.76. The number of methoxy groups -OCH3 is 1. The Morgan fingerprint density at radius 2 is 2.05 bits per heavy atom. The van der Waals surface area contributed by atoms with E-state index in [-0.39, 0.29) is 5.54 Å². The second-order valence-corrected chi connectivity index (χ2v) is 6.76. The van der Waals surface area contributed by atoms with Crippen molar-refractivity contribution < 1.29 is 14.2 Å². The van der Waals surface area contributed by atoms with Gasteiger partial charge in [0.15, 0.2) is 0 Å². The van der Waals surface area contributed by atoms with E-state index in [4.69, 9.17) is 4.74 Å². The monoisotopic (exact) mass is 310 g/mol. The van der Waals surface area contributed by atoms with Crippen LogP contribution in [0.1, 0.15) is 51.2 Å². The Morgan fingerprint density at radius 3 is 2.64 bits per heavy atom. The molecule has 22 heavy (non-hydrogen) atoms. The van der Waals surface area contributed by atoms with E-state index in [1.54, 1.807) is 7.11 Å². The van der Waals surface area contributed by atoms with Crippen molar-refractivity contribution in [2.24, 2.45) is 5.92 Å². The molecule has 0 aliphatic heterocycles. The minimum Gasteiger partial charge on any atom is -0.387 e. The number of hydrogen-bond acceptors (Lipinski definition) is 4. The maximum Gasteiger partial charge on any atom is 0.141 e. The maximum atomic E-state index is 13.2. The summed E-state index contributed by atoms with van der Waals surface area (Å²) in [5, 5.41) is 13.6.